The van der Waals surface area contributed by atoms with Gasteiger partial charge in [0, 0.05) is 13.1 Å². The summed E-state index contributed by atoms with van der Waals surface area (Å²) in [5.74, 6) is -0.220. The van der Waals surface area contributed by atoms with Crippen molar-refractivity contribution in [2.45, 2.75) is 43.6 Å². The molecule has 1 fully saturated rings. The maximum atomic E-state index is 12.6. The van der Waals surface area contributed by atoms with Crippen molar-refractivity contribution >= 4 is 23.6 Å². The van der Waals surface area contributed by atoms with Crippen LogP contribution in [0.2, 0.25) is 0 Å². The van der Waals surface area contributed by atoms with Crippen molar-refractivity contribution in [3.63, 3.8) is 0 Å². The lowest BCUT2D eigenvalue weighted by atomic mass is 9.97. The van der Waals surface area contributed by atoms with E-state index in [0.717, 1.165) is 0 Å². The van der Waals surface area contributed by atoms with Crippen LogP contribution in [0.4, 0.5) is 0 Å². The van der Waals surface area contributed by atoms with E-state index in [-0.39, 0.29) is 23.0 Å². The van der Waals surface area contributed by atoms with E-state index in [9.17, 15) is 9.59 Å². The molecule has 2 rings (SSSR count). The molecule has 0 N–H and O–H groups in total. The fourth-order valence-electron chi connectivity index (χ4n) is 2.58. The Bertz CT molecular complexity index is 583. The fourth-order valence-corrected chi connectivity index (χ4v) is 3.46. The average Bonchev–Trinajstić information content (AvgIpc) is 3.02. The second kappa shape index (κ2) is 8.81. The summed E-state index contributed by atoms with van der Waals surface area (Å²) in [6.45, 7) is 9.35. The number of thioether (sulfide) groups is 1. The van der Waals surface area contributed by atoms with E-state index in [1.165, 1.54) is 11.8 Å². The molecule has 2 heterocycles. The van der Waals surface area contributed by atoms with Crippen LogP contribution in [0.1, 0.15) is 26.7 Å². The number of tetrazole rings is 1. The van der Waals surface area contributed by atoms with E-state index >= 15 is 0 Å². The lowest BCUT2D eigenvalue weighted by molar-refractivity contribution is -0.151. The molecule has 1 aliphatic rings. The largest absolute Gasteiger partial charge is 0.466 e. The van der Waals surface area contributed by atoms with Gasteiger partial charge in [-0.05, 0) is 37.1 Å². The molecule has 0 spiro atoms. The van der Waals surface area contributed by atoms with Crippen molar-refractivity contribution in [2.75, 3.05) is 19.7 Å². The Labute approximate surface area is 145 Å². The predicted octanol–water partition coefficient (Wildman–Crippen LogP) is 1.14. The highest BCUT2D eigenvalue weighted by molar-refractivity contribution is 8.00. The minimum Gasteiger partial charge on any atom is -0.466 e. The number of rotatable bonds is 7. The van der Waals surface area contributed by atoms with Crippen molar-refractivity contribution in [1.82, 2.24) is 25.1 Å². The van der Waals surface area contributed by atoms with Gasteiger partial charge in [-0.15, -0.1) is 11.7 Å². The number of nitrogens with zero attached hydrogens (tertiary/aromatic N) is 5. The molecule has 1 aliphatic heterocycles. The summed E-state index contributed by atoms with van der Waals surface area (Å²) in [6.07, 6.45) is 3.00. The summed E-state index contributed by atoms with van der Waals surface area (Å²) in [5.41, 5.74) is 0. The monoisotopic (exact) mass is 353 g/mol. The van der Waals surface area contributed by atoms with Crippen LogP contribution >= 0.6 is 11.8 Å². The van der Waals surface area contributed by atoms with Crippen LogP contribution in [-0.4, -0.2) is 61.9 Å². The van der Waals surface area contributed by atoms with Gasteiger partial charge in [-0.3, -0.25) is 9.59 Å². The number of ether oxygens (including phenoxy) is 1. The molecule has 1 atom stereocenters. The molecular weight excluding hydrogens is 330 g/mol. The molecule has 0 aliphatic carbocycles. The van der Waals surface area contributed by atoms with Gasteiger partial charge < -0.3 is 9.64 Å². The molecule has 1 amide bonds. The lowest BCUT2D eigenvalue weighted by Crippen LogP contribution is -2.43. The first-order valence-electron chi connectivity index (χ1n) is 8.06. The molecule has 0 saturated carbocycles. The minimum absolute atomic E-state index is 0.0375. The Morgan fingerprint density at radius 2 is 2.17 bits per heavy atom. The van der Waals surface area contributed by atoms with Crippen molar-refractivity contribution in [3.05, 3.63) is 12.7 Å². The number of aromatic nitrogens is 4. The highest BCUT2D eigenvalue weighted by Gasteiger charge is 2.30. The van der Waals surface area contributed by atoms with Crippen LogP contribution in [0.25, 0.3) is 0 Å². The first kappa shape index (κ1) is 18.4. The van der Waals surface area contributed by atoms with Gasteiger partial charge >= 0.3 is 5.97 Å². The Morgan fingerprint density at radius 3 is 2.79 bits per heavy atom. The number of carbonyl (C=O) groups is 2. The third kappa shape index (κ3) is 4.56. The molecule has 1 aromatic rings. The van der Waals surface area contributed by atoms with Crippen molar-refractivity contribution < 1.29 is 14.3 Å². The highest BCUT2D eigenvalue weighted by atomic mass is 32.2. The maximum absolute atomic E-state index is 12.6. The van der Waals surface area contributed by atoms with E-state index in [1.807, 2.05) is 6.92 Å². The summed E-state index contributed by atoms with van der Waals surface area (Å²) in [7, 11) is 0. The van der Waals surface area contributed by atoms with E-state index in [0.29, 0.717) is 44.2 Å². The van der Waals surface area contributed by atoms with Gasteiger partial charge in [-0.25, -0.2) is 4.68 Å². The predicted molar refractivity (Wildman–Crippen MR) is 89.3 cm³/mol. The smallest absolute Gasteiger partial charge is 0.309 e. The normalized spacial score (nSPS) is 16.7. The van der Waals surface area contributed by atoms with Crippen LogP contribution in [-0.2, 0) is 20.9 Å². The molecule has 1 saturated heterocycles. The number of likely N-dealkylation sites (tertiary alicyclic amines) is 1. The molecule has 8 nitrogen and oxygen atoms in total. The molecule has 0 radical (unpaired) electrons. The van der Waals surface area contributed by atoms with Gasteiger partial charge in [0.1, 0.15) is 0 Å². The Morgan fingerprint density at radius 1 is 1.46 bits per heavy atom. The average molecular weight is 353 g/mol. The van der Waals surface area contributed by atoms with E-state index < -0.39 is 0 Å². The fraction of sp³-hybridized carbons (Fsp3) is 0.667. The number of allylic oxidation sites excluding steroid dienone is 1. The number of piperidine rings is 1. The van der Waals surface area contributed by atoms with E-state index in [1.54, 1.807) is 22.6 Å². The van der Waals surface area contributed by atoms with Crippen LogP contribution in [0.3, 0.4) is 0 Å². The van der Waals surface area contributed by atoms with Gasteiger partial charge in [0.15, 0.2) is 0 Å². The lowest BCUT2D eigenvalue weighted by Gasteiger charge is -2.32. The number of esters is 1. The zero-order valence-electron chi connectivity index (χ0n) is 14.1. The molecule has 132 valence electrons. The third-order valence-corrected chi connectivity index (χ3v) is 4.92. The van der Waals surface area contributed by atoms with Crippen LogP contribution < -0.4 is 0 Å². The number of amides is 1. The van der Waals surface area contributed by atoms with Crippen molar-refractivity contribution in [3.8, 4) is 0 Å². The van der Waals surface area contributed by atoms with Gasteiger partial charge in [-0.1, -0.05) is 17.8 Å². The Hall–Kier alpha value is -1.90. The van der Waals surface area contributed by atoms with E-state index in [4.69, 9.17) is 4.74 Å². The zero-order chi connectivity index (χ0) is 17.5. The van der Waals surface area contributed by atoms with Crippen LogP contribution in [0.15, 0.2) is 17.8 Å². The Balaban J connectivity index is 1.87. The summed E-state index contributed by atoms with van der Waals surface area (Å²) in [6, 6.07) is 0. The van der Waals surface area contributed by atoms with Crippen LogP contribution in [0, 0.1) is 5.92 Å². The van der Waals surface area contributed by atoms with Crippen LogP contribution in [0.5, 0.6) is 0 Å². The Kier molecular flexibility index (Phi) is 6.77. The second-order valence-corrected chi connectivity index (χ2v) is 6.85. The maximum Gasteiger partial charge on any atom is 0.309 e. The molecule has 0 bridgehead atoms. The molecule has 9 heteroatoms. The molecular formula is C15H23N5O3S. The molecule has 24 heavy (non-hydrogen) atoms. The summed E-state index contributed by atoms with van der Waals surface area (Å²) >= 11 is 1.33. The van der Waals surface area contributed by atoms with Gasteiger partial charge in [-0.2, -0.15) is 0 Å². The number of hydrogen-bond donors (Lipinski definition) is 0. The SMILES string of the molecule is C=CCn1nnnc1S[C@@H](C)C(=O)N1CCC(C(=O)OCC)CC1. The van der Waals surface area contributed by atoms with Gasteiger partial charge in [0.05, 0.1) is 24.3 Å². The van der Waals surface area contributed by atoms with Gasteiger partial charge in [0.25, 0.3) is 0 Å². The topological polar surface area (TPSA) is 90.2 Å². The second-order valence-electron chi connectivity index (χ2n) is 5.54. The van der Waals surface area contributed by atoms with Crippen molar-refractivity contribution in [1.29, 1.82) is 0 Å². The highest BCUT2D eigenvalue weighted by Crippen LogP contribution is 2.25. The van der Waals surface area contributed by atoms with E-state index in [2.05, 4.69) is 22.1 Å². The molecule has 0 aromatic carbocycles. The summed E-state index contributed by atoms with van der Waals surface area (Å²) in [5, 5.41) is 11.7. The molecule has 1 aromatic heterocycles. The molecule has 0 unspecified atom stereocenters. The third-order valence-electron chi connectivity index (χ3n) is 3.86. The summed E-state index contributed by atoms with van der Waals surface area (Å²) < 4.78 is 6.66. The number of carbonyl (C=O) groups excluding carboxylic acids is 2. The van der Waals surface area contributed by atoms with Gasteiger partial charge in [0.2, 0.25) is 11.1 Å². The quantitative estimate of drug-likeness (QED) is 0.412. The standard InChI is InChI=1S/C15H23N5O3S/c1-4-8-20-15(16-17-18-20)24-11(3)13(21)19-9-6-12(7-10-19)14(22)23-5-2/h4,11-12H,1,5-10H2,2-3H3/t11-/m0/s1. The minimum atomic E-state index is -0.293. The van der Waals surface area contributed by atoms with Crippen molar-refractivity contribution in [2.24, 2.45) is 5.92 Å². The summed E-state index contributed by atoms with van der Waals surface area (Å²) in [4.78, 5) is 26.1. The first-order valence-corrected chi connectivity index (χ1v) is 8.93. The first-order chi connectivity index (χ1) is 11.6. The number of hydrogen-bond acceptors (Lipinski definition) is 7. The zero-order valence-corrected chi connectivity index (χ0v) is 14.9.